The zero-order valence-electron chi connectivity index (χ0n) is 11.2. The van der Waals surface area contributed by atoms with E-state index in [4.69, 9.17) is 0 Å². The number of carbonyl (C=O) groups is 1. The Balaban J connectivity index is 1.68. The normalized spacial score (nSPS) is 17.6. The zero-order chi connectivity index (χ0) is 14.1. The summed E-state index contributed by atoms with van der Waals surface area (Å²) in [6.45, 7) is 1.92. The molecule has 2 aromatic rings. The van der Waals surface area contributed by atoms with Crippen molar-refractivity contribution in [2.24, 2.45) is 5.92 Å². The summed E-state index contributed by atoms with van der Waals surface area (Å²) in [6.07, 6.45) is 2.30. The molecule has 5 heteroatoms. The summed E-state index contributed by atoms with van der Waals surface area (Å²) < 4.78 is 12.8. The SMILES string of the molecule is Cc1nc2c([nH]1)CC(C(=O)Nc1ccc(F)cc1)CC2. The van der Waals surface area contributed by atoms with Gasteiger partial charge in [-0.3, -0.25) is 4.79 Å². The Morgan fingerprint density at radius 3 is 2.90 bits per heavy atom. The van der Waals surface area contributed by atoms with Crippen molar-refractivity contribution in [1.82, 2.24) is 9.97 Å². The molecule has 1 aromatic carbocycles. The molecule has 0 bridgehead atoms. The van der Waals surface area contributed by atoms with Gasteiger partial charge in [-0.05, 0) is 44.0 Å². The summed E-state index contributed by atoms with van der Waals surface area (Å²) in [4.78, 5) is 19.9. The van der Waals surface area contributed by atoms with Crippen LogP contribution < -0.4 is 5.32 Å². The van der Waals surface area contributed by atoms with E-state index in [0.29, 0.717) is 12.1 Å². The van der Waals surface area contributed by atoms with Crippen LogP contribution in [0, 0.1) is 18.7 Å². The van der Waals surface area contributed by atoms with Crippen LogP contribution >= 0.6 is 0 Å². The second kappa shape index (κ2) is 5.07. The quantitative estimate of drug-likeness (QED) is 0.883. The van der Waals surface area contributed by atoms with E-state index in [-0.39, 0.29) is 17.6 Å². The molecule has 1 aliphatic carbocycles. The summed E-state index contributed by atoms with van der Waals surface area (Å²) >= 11 is 0. The van der Waals surface area contributed by atoms with Gasteiger partial charge in [-0.2, -0.15) is 0 Å². The van der Waals surface area contributed by atoms with Crippen LogP contribution in [0.2, 0.25) is 0 Å². The first kappa shape index (κ1) is 12.8. The molecule has 20 heavy (non-hydrogen) atoms. The minimum Gasteiger partial charge on any atom is -0.346 e. The van der Waals surface area contributed by atoms with Crippen molar-refractivity contribution < 1.29 is 9.18 Å². The second-order valence-electron chi connectivity index (χ2n) is 5.18. The monoisotopic (exact) mass is 273 g/mol. The number of hydrogen-bond donors (Lipinski definition) is 2. The van der Waals surface area contributed by atoms with Crippen molar-refractivity contribution in [3.05, 3.63) is 47.3 Å². The fraction of sp³-hybridized carbons (Fsp3) is 0.333. The van der Waals surface area contributed by atoms with Gasteiger partial charge in [0.15, 0.2) is 0 Å². The number of nitrogens with zero attached hydrogens (tertiary/aromatic N) is 1. The van der Waals surface area contributed by atoms with E-state index in [2.05, 4.69) is 15.3 Å². The number of fused-ring (bicyclic) bond motifs is 1. The van der Waals surface area contributed by atoms with Crippen LogP contribution in [0.4, 0.5) is 10.1 Å². The number of nitrogens with one attached hydrogen (secondary N) is 2. The number of amides is 1. The third kappa shape index (κ3) is 2.57. The minimum absolute atomic E-state index is 0.0190. The van der Waals surface area contributed by atoms with Crippen molar-refractivity contribution in [2.75, 3.05) is 5.32 Å². The maximum atomic E-state index is 12.8. The molecule has 3 rings (SSSR count). The number of carbonyl (C=O) groups excluding carboxylic acids is 1. The first-order valence-corrected chi connectivity index (χ1v) is 6.72. The average molecular weight is 273 g/mol. The predicted octanol–water partition coefficient (Wildman–Crippen LogP) is 2.60. The summed E-state index contributed by atoms with van der Waals surface area (Å²) in [6, 6.07) is 5.82. The molecule has 4 nitrogen and oxygen atoms in total. The highest BCUT2D eigenvalue weighted by Crippen LogP contribution is 2.25. The van der Waals surface area contributed by atoms with Gasteiger partial charge in [0.05, 0.1) is 5.69 Å². The Labute approximate surface area is 116 Å². The number of hydrogen-bond acceptors (Lipinski definition) is 2. The van der Waals surface area contributed by atoms with Crippen LogP contribution in [0.25, 0.3) is 0 Å². The van der Waals surface area contributed by atoms with Crippen LogP contribution in [0.5, 0.6) is 0 Å². The van der Waals surface area contributed by atoms with Crippen molar-refractivity contribution in [1.29, 1.82) is 0 Å². The van der Waals surface area contributed by atoms with E-state index in [9.17, 15) is 9.18 Å². The maximum Gasteiger partial charge on any atom is 0.227 e. The number of imidazole rings is 1. The van der Waals surface area contributed by atoms with E-state index < -0.39 is 0 Å². The summed E-state index contributed by atoms with van der Waals surface area (Å²) in [5.41, 5.74) is 2.77. The molecule has 0 saturated heterocycles. The van der Waals surface area contributed by atoms with Gasteiger partial charge in [0.25, 0.3) is 0 Å². The van der Waals surface area contributed by atoms with Crippen molar-refractivity contribution in [3.63, 3.8) is 0 Å². The number of anilines is 1. The summed E-state index contributed by atoms with van der Waals surface area (Å²) in [5.74, 6) is 0.509. The van der Waals surface area contributed by atoms with Gasteiger partial charge in [0, 0.05) is 23.7 Å². The Bertz CT molecular complexity index is 633. The van der Waals surface area contributed by atoms with Gasteiger partial charge in [0.2, 0.25) is 5.91 Å². The smallest absolute Gasteiger partial charge is 0.227 e. The fourth-order valence-corrected chi connectivity index (χ4v) is 2.62. The second-order valence-corrected chi connectivity index (χ2v) is 5.18. The summed E-state index contributed by atoms with van der Waals surface area (Å²) in [7, 11) is 0. The highest BCUT2D eigenvalue weighted by atomic mass is 19.1. The Kier molecular flexibility index (Phi) is 3.26. The van der Waals surface area contributed by atoms with Gasteiger partial charge in [-0.15, -0.1) is 0 Å². The topological polar surface area (TPSA) is 57.8 Å². The van der Waals surface area contributed by atoms with Crippen LogP contribution in [-0.4, -0.2) is 15.9 Å². The third-order valence-corrected chi connectivity index (χ3v) is 3.65. The lowest BCUT2D eigenvalue weighted by Crippen LogP contribution is -2.28. The van der Waals surface area contributed by atoms with Gasteiger partial charge in [-0.25, -0.2) is 9.37 Å². The number of H-pyrrole nitrogens is 1. The molecule has 0 aliphatic heterocycles. The first-order valence-electron chi connectivity index (χ1n) is 6.72. The predicted molar refractivity (Wildman–Crippen MR) is 73.9 cm³/mol. The van der Waals surface area contributed by atoms with Crippen molar-refractivity contribution in [2.45, 2.75) is 26.2 Å². The van der Waals surface area contributed by atoms with Crippen molar-refractivity contribution in [3.8, 4) is 0 Å². The molecule has 1 unspecified atom stereocenters. The molecule has 104 valence electrons. The molecule has 0 saturated carbocycles. The molecule has 1 aromatic heterocycles. The molecule has 1 amide bonds. The van der Waals surface area contributed by atoms with E-state index in [1.807, 2.05) is 6.92 Å². The number of aryl methyl sites for hydroxylation is 2. The summed E-state index contributed by atoms with van der Waals surface area (Å²) in [5, 5.41) is 2.84. The first-order chi connectivity index (χ1) is 9.61. The number of halogens is 1. The molecule has 0 spiro atoms. The van der Waals surface area contributed by atoms with Crippen molar-refractivity contribution >= 4 is 11.6 Å². The van der Waals surface area contributed by atoms with Crippen LogP contribution in [0.1, 0.15) is 23.6 Å². The molecule has 2 N–H and O–H groups in total. The molecular weight excluding hydrogens is 257 g/mol. The number of aromatic amines is 1. The standard InChI is InChI=1S/C15H16FN3O/c1-9-17-13-7-2-10(8-14(13)18-9)15(20)19-12-5-3-11(16)4-6-12/h3-6,10H,2,7-8H2,1H3,(H,17,18)(H,19,20). The van der Waals surface area contributed by atoms with E-state index in [0.717, 1.165) is 30.1 Å². The van der Waals surface area contributed by atoms with E-state index in [1.54, 1.807) is 12.1 Å². The van der Waals surface area contributed by atoms with E-state index in [1.165, 1.54) is 12.1 Å². The van der Waals surface area contributed by atoms with Crippen LogP contribution in [0.3, 0.4) is 0 Å². The lowest BCUT2D eigenvalue weighted by atomic mass is 9.89. The largest absolute Gasteiger partial charge is 0.346 e. The lowest BCUT2D eigenvalue weighted by molar-refractivity contribution is -0.120. The number of rotatable bonds is 2. The van der Waals surface area contributed by atoms with Gasteiger partial charge in [0.1, 0.15) is 11.6 Å². The number of benzene rings is 1. The highest BCUT2D eigenvalue weighted by Gasteiger charge is 2.26. The molecule has 1 aliphatic rings. The van der Waals surface area contributed by atoms with E-state index >= 15 is 0 Å². The van der Waals surface area contributed by atoms with Gasteiger partial charge in [-0.1, -0.05) is 0 Å². The van der Waals surface area contributed by atoms with Crippen LogP contribution in [0.15, 0.2) is 24.3 Å². The third-order valence-electron chi connectivity index (χ3n) is 3.65. The lowest BCUT2D eigenvalue weighted by Gasteiger charge is -2.20. The average Bonchev–Trinajstić information content (AvgIpc) is 2.80. The molecule has 0 radical (unpaired) electrons. The minimum atomic E-state index is -0.307. The molecule has 1 heterocycles. The van der Waals surface area contributed by atoms with Gasteiger partial charge >= 0.3 is 0 Å². The zero-order valence-corrected chi connectivity index (χ0v) is 11.2. The Morgan fingerprint density at radius 2 is 2.15 bits per heavy atom. The highest BCUT2D eigenvalue weighted by molar-refractivity contribution is 5.92. The van der Waals surface area contributed by atoms with Crippen LogP contribution in [-0.2, 0) is 17.6 Å². The number of aromatic nitrogens is 2. The Hall–Kier alpha value is -2.17. The fourth-order valence-electron chi connectivity index (χ4n) is 2.62. The van der Waals surface area contributed by atoms with Gasteiger partial charge < -0.3 is 10.3 Å². The molecule has 1 atom stereocenters. The molecule has 0 fully saturated rings. The Morgan fingerprint density at radius 1 is 1.40 bits per heavy atom. The molecular formula is C15H16FN3O. The maximum absolute atomic E-state index is 12.8.